The summed E-state index contributed by atoms with van der Waals surface area (Å²) in [4.78, 5) is 23.8. The van der Waals surface area contributed by atoms with Crippen LogP contribution in [0, 0.1) is 0 Å². The van der Waals surface area contributed by atoms with Crippen molar-refractivity contribution in [2.45, 2.75) is 19.3 Å². The lowest BCUT2D eigenvalue weighted by Crippen LogP contribution is -2.30. The van der Waals surface area contributed by atoms with Gasteiger partial charge in [0.05, 0.1) is 29.6 Å². The van der Waals surface area contributed by atoms with Gasteiger partial charge in [-0.2, -0.15) is 5.10 Å². The Balaban J connectivity index is 1.43. The molecule has 32 heavy (non-hydrogen) atoms. The number of nitrogens with one attached hydrogen (secondary N) is 1. The summed E-state index contributed by atoms with van der Waals surface area (Å²) in [6.45, 7) is 1.92. The van der Waals surface area contributed by atoms with Crippen molar-refractivity contribution in [1.82, 2.24) is 19.7 Å². The lowest BCUT2D eigenvalue weighted by molar-refractivity contribution is 0.102. The number of methoxy groups -OCH3 is 1. The maximum absolute atomic E-state index is 13.0. The van der Waals surface area contributed by atoms with Crippen molar-refractivity contribution in [2.24, 2.45) is 7.05 Å². The Morgan fingerprint density at radius 2 is 2.03 bits per heavy atom. The molecule has 1 aliphatic rings. The van der Waals surface area contributed by atoms with Gasteiger partial charge in [0.2, 0.25) is 11.8 Å². The van der Waals surface area contributed by atoms with E-state index in [0.29, 0.717) is 17.3 Å². The highest BCUT2D eigenvalue weighted by Gasteiger charge is 2.20. The Kier molecular flexibility index (Phi) is 5.22. The molecule has 5 rings (SSSR count). The molecule has 4 heterocycles. The Bertz CT molecular complexity index is 1250. The summed E-state index contributed by atoms with van der Waals surface area (Å²) in [6.07, 6.45) is 8.39. The molecule has 1 amide bonds. The fourth-order valence-electron chi connectivity index (χ4n) is 4.01. The quantitative estimate of drug-likeness (QED) is 0.511. The van der Waals surface area contributed by atoms with Crippen LogP contribution in [0.1, 0.15) is 29.8 Å². The van der Waals surface area contributed by atoms with Gasteiger partial charge >= 0.3 is 0 Å². The average molecular weight is 432 g/mol. The zero-order valence-corrected chi connectivity index (χ0v) is 18.0. The normalized spacial score (nSPS) is 14.0. The van der Waals surface area contributed by atoms with E-state index in [2.05, 4.69) is 25.3 Å². The average Bonchev–Trinajstić information content (AvgIpc) is 3.45. The molecule has 1 aliphatic heterocycles. The number of hydrogen-bond donors (Lipinski definition) is 1. The minimum Gasteiger partial charge on any atom is -0.481 e. The predicted octanol–water partition coefficient (Wildman–Crippen LogP) is 3.87. The SMILES string of the molecule is COc1ccc(-c2nc(C(=O)Nc3cc4cn(C)nc4cc3N3CCCCC3)co2)cn1. The molecule has 1 aromatic carbocycles. The summed E-state index contributed by atoms with van der Waals surface area (Å²) >= 11 is 0. The molecule has 4 aromatic rings. The van der Waals surface area contributed by atoms with E-state index in [1.807, 2.05) is 25.4 Å². The maximum atomic E-state index is 13.0. The number of carbonyl (C=O) groups is 1. The number of pyridine rings is 1. The van der Waals surface area contributed by atoms with Gasteiger partial charge in [0.25, 0.3) is 5.91 Å². The number of nitrogens with zero attached hydrogens (tertiary/aromatic N) is 5. The van der Waals surface area contributed by atoms with Crippen LogP contribution in [0.4, 0.5) is 11.4 Å². The number of benzene rings is 1. The molecule has 9 heteroatoms. The molecule has 0 atom stereocenters. The van der Waals surface area contributed by atoms with E-state index in [-0.39, 0.29) is 11.6 Å². The second-order valence-electron chi connectivity index (χ2n) is 7.86. The predicted molar refractivity (Wildman–Crippen MR) is 121 cm³/mol. The van der Waals surface area contributed by atoms with Gasteiger partial charge in [-0.3, -0.25) is 9.48 Å². The number of fused-ring (bicyclic) bond motifs is 1. The minimum absolute atomic E-state index is 0.201. The van der Waals surface area contributed by atoms with E-state index in [1.165, 1.54) is 12.7 Å². The summed E-state index contributed by atoms with van der Waals surface area (Å²) in [6, 6.07) is 7.52. The molecular formula is C23H24N6O3. The summed E-state index contributed by atoms with van der Waals surface area (Å²) in [5.74, 6) is 0.488. The largest absolute Gasteiger partial charge is 0.481 e. The molecule has 0 spiro atoms. The van der Waals surface area contributed by atoms with Crippen LogP contribution in [0.2, 0.25) is 0 Å². The number of ether oxygens (including phenoxy) is 1. The minimum atomic E-state index is -0.331. The van der Waals surface area contributed by atoms with Gasteiger partial charge < -0.3 is 19.4 Å². The zero-order valence-electron chi connectivity index (χ0n) is 18.0. The topological polar surface area (TPSA) is 98.3 Å². The number of aromatic nitrogens is 4. The highest BCUT2D eigenvalue weighted by atomic mass is 16.5. The van der Waals surface area contributed by atoms with Crippen molar-refractivity contribution in [2.75, 3.05) is 30.4 Å². The first-order valence-corrected chi connectivity index (χ1v) is 10.6. The van der Waals surface area contributed by atoms with Crippen LogP contribution in [0.3, 0.4) is 0 Å². The third-order valence-electron chi connectivity index (χ3n) is 5.61. The van der Waals surface area contributed by atoms with Crippen molar-refractivity contribution in [3.8, 4) is 17.3 Å². The molecule has 1 saturated heterocycles. The van der Waals surface area contributed by atoms with Gasteiger partial charge in [-0.1, -0.05) is 0 Å². The Labute approximate surface area is 185 Å². The lowest BCUT2D eigenvalue weighted by atomic mass is 10.1. The van der Waals surface area contributed by atoms with Crippen molar-refractivity contribution in [1.29, 1.82) is 0 Å². The van der Waals surface area contributed by atoms with E-state index in [4.69, 9.17) is 9.15 Å². The summed E-state index contributed by atoms with van der Waals surface area (Å²) in [7, 11) is 3.44. The molecule has 3 aromatic heterocycles. The number of piperidine rings is 1. The van der Waals surface area contributed by atoms with Gasteiger partial charge in [-0.25, -0.2) is 9.97 Å². The summed E-state index contributed by atoms with van der Waals surface area (Å²) in [5, 5.41) is 8.53. The van der Waals surface area contributed by atoms with E-state index in [0.717, 1.165) is 48.2 Å². The lowest BCUT2D eigenvalue weighted by Gasteiger charge is -2.30. The number of carbonyl (C=O) groups excluding carboxylic acids is 1. The van der Waals surface area contributed by atoms with Crippen LogP contribution in [-0.4, -0.2) is 45.9 Å². The van der Waals surface area contributed by atoms with Gasteiger partial charge in [0.15, 0.2) is 5.69 Å². The van der Waals surface area contributed by atoms with Gasteiger partial charge in [0.1, 0.15) is 6.26 Å². The molecule has 0 radical (unpaired) electrons. The molecule has 1 N–H and O–H groups in total. The van der Waals surface area contributed by atoms with Crippen LogP contribution in [0.25, 0.3) is 22.4 Å². The van der Waals surface area contributed by atoms with Gasteiger partial charge in [0, 0.05) is 44.0 Å². The maximum Gasteiger partial charge on any atom is 0.277 e. The van der Waals surface area contributed by atoms with E-state index in [1.54, 1.807) is 30.1 Å². The van der Waals surface area contributed by atoms with Crippen molar-refractivity contribution in [3.05, 3.63) is 48.6 Å². The molecular weight excluding hydrogens is 408 g/mol. The van der Waals surface area contributed by atoms with Crippen LogP contribution in [0.5, 0.6) is 5.88 Å². The highest BCUT2D eigenvalue weighted by Crippen LogP contribution is 2.33. The molecule has 0 aliphatic carbocycles. The molecule has 9 nitrogen and oxygen atoms in total. The van der Waals surface area contributed by atoms with Crippen molar-refractivity contribution >= 4 is 28.2 Å². The highest BCUT2D eigenvalue weighted by molar-refractivity contribution is 6.06. The molecule has 164 valence electrons. The van der Waals surface area contributed by atoms with Crippen molar-refractivity contribution in [3.63, 3.8) is 0 Å². The second kappa shape index (κ2) is 8.33. The number of amides is 1. The third-order valence-corrected chi connectivity index (χ3v) is 5.61. The van der Waals surface area contributed by atoms with Crippen LogP contribution in [0.15, 0.2) is 47.3 Å². The monoisotopic (exact) mass is 432 g/mol. The first-order valence-electron chi connectivity index (χ1n) is 10.6. The number of anilines is 2. The van der Waals surface area contributed by atoms with Gasteiger partial charge in [-0.15, -0.1) is 0 Å². The molecule has 0 unspecified atom stereocenters. The first-order chi connectivity index (χ1) is 15.6. The number of hydrogen-bond acceptors (Lipinski definition) is 7. The Morgan fingerprint density at radius 3 is 2.78 bits per heavy atom. The van der Waals surface area contributed by atoms with E-state index >= 15 is 0 Å². The van der Waals surface area contributed by atoms with Crippen LogP contribution in [-0.2, 0) is 7.05 Å². The van der Waals surface area contributed by atoms with E-state index < -0.39 is 0 Å². The molecule has 0 saturated carbocycles. The fourth-order valence-corrected chi connectivity index (χ4v) is 4.01. The van der Waals surface area contributed by atoms with E-state index in [9.17, 15) is 4.79 Å². The van der Waals surface area contributed by atoms with Gasteiger partial charge in [-0.05, 0) is 37.5 Å². The fraction of sp³-hybridized carbons (Fsp3) is 0.304. The zero-order chi connectivity index (χ0) is 22.1. The first kappa shape index (κ1) is 20.0. The summed E-state index contributed by atoms with van der Waals surface area (Å²) < 4.78 is 12.4. The Hall–Kier alpha value is -3.88. The molecule has 1 fully saturated rings. The summed E-state index contributed by atoms with van der Waals surface area (Å²) in [5.41, 5.74) is 3.49. The number of oxazole rings is 1. The number of aryl methyl sites for hydroxylation is 1. The van der Waals surface area contributed by atoms with Crippen molar-refractivity contribution < 1.29 is 13.9 Å². The van der Waals surface area contributed by atoms with Crippen LogP contribution >= 0.6 is 0 Å². The standard InChI is InChI=1S/C23H24N6O3/c1-28-13-16-10-18(20(11-17(16)27-28)29-8-4-3-5-9-29)25-22(30)19-14-32-23(26-19)15-6-7-21(31-2)24-12-15/h6-7,10-14H,3-5,8-9H2,1-2H3,(H,25,30). The Morgan fingerprint density at radius 1 is 1.19 bits per heavy atom. The second-order valence-corrected chi connectivity index (χ2v) is 7.86. The van der Waals surface area contributed by atoms with Crippen LogP contribution < -0.4 is 15.0 Å². The molecule has 0 bridgehead atoms. The third kappa shape index (κ3) is 3.89. The smallest absolute Gasteiger partial charge is 0.277 e. The number of rotatable bonds is 5.